The third-order valence-corrected chi connectivity index (χ3v) is 8.00. The second kappa shape index (κ2) is 17.4. The largest absolute Gasteiger partial charge is 0.463 e. The monoisotopic (exact) mass is 760 g/mol. The highest BCUT2D eigenvalue weighted by molar-refractivity contribution is 5.81. The van der Waals surface area contributed by atoms with Crippen molar-refractivity contribution in [3.63, 3.8) is 0 Å². The number of nitrogens with zero attached hydrogens (tertiary/aromatic N) is 3. The van der Waals surface area contributed by atoms with Crippen LogP contribution in [0.1, 0.15) is 52.7 Å². The van der Waals surface area contributed by atoms with Gasteiger partial charge in [0.25, 0.3) is 5.56 Å². The highest BCUT2D eigenvalue weighted by Crippen LogP contribution is 2.30. The standard InChI is InChI=1S/C34H40N4O16/c1-14-9-22-23(10-15(14)2)38(31-27(35-22)32(45)37-34(46)36-31)11-24(49-17(4)40)28(51-19(6)42)25(50-18(5)41)13-48-33-30(53-21(8)44)29(52-20(7)43)26(54-33)12-47-16(3)39/h9-10,24-26,28-30,33H,11-13H2,1-8H3,(H,37,45,46)/t24-,25+,26-,28-,29-,30-,33+/m1/s1. The van der Waals surface area contributed by atoms with Crippen molar-refractivity contribution < 1.29 is 66.7 Å². The van der Waals surface area contributed by atoms with Crippen LogP contribution in [0, 0.1) is 13.8 Å². The van der Waals surface area contributed by atoms with Gasteiger partial charge < -0.3 is 42.5 Å². The molecule has 1 fully saturated rings. The van der Waals surface area contributed by atoms with Gasteiger partial charge in [0.05, 0.1) is 24.2 Å². The molecule has 1 aromatic carbocycles. The van der Waals surface area contributed by atoms with E-state index in [4.69, 9.17) is 37.9 Å². The molecule has 0 bridgehead atoms. The number of aromatic nitrogens is 4. The van der Waals surface area contributed by atoms with Crippen LogP contribution in [0.2, 0.25) is 0 Å². The van der Waals surface area contributed by atoms with E-state index in [9.17, 15) is 38.4 Å². The molecule has 54 heavy (non-hydrogen) atoms. The lowest BCUT2D eigenvalue weighted by Crippen LogP contribution is -2.50. The molecule has 0 amide bonds. The van der Waals surface area contributed by atoms with Crippen LogP contribution in [0.5, 0.6) is 0 Å². The van der Waals surface area contributed by atoms with Crippen LogP contribution >= 0.6 is 0 Å². The fourth-order valence-electron chi connectivity index (χ4n) is 5.83. The minimum absolute atomic E-state index is 0.197. The van der Waals surface area contributed by atoms with Crippen LogP contribution in [0.4, 0.5) is 0 Å². The second-order valence-corrected chi connectivity index (χ2v) is 12.4. The Balaban J connectivity index is 1.80. The van der Waals surface area contributed by atoms with Gasteiger partial charge in [-0.05, 0) is 37.1 Å². The lowest BCUT2D eigenvalue weighted by Gasteiger charge is -2.33. The van der Waals surface area contributed by atoms with E-state index in [0.717, 1.165) is 52.7 Å². The molecule has 3 heterocycles. The number of carbonyl (C=O) groups excluding carboxylic acids is 6. The molecule has 20 nitrogen and oxygen atoms in total. The maximum absolute atomic E-state index is 12.9. The Hall–Kier alpha value is -5.76. The average molecular weight is 761 g/mol. The summed E-state index contributed by atoms with van der Waals surface area (Å²) in [6, 6.07) is 3.41. The van der Waals surface area contributed by atoms with E-state index in [1.165, 1.54) is 4.57 Å². The molecule has 0 unspecified atom stereocenters. The number of carbonyl (C=O) groups is 6. The number of esters is 6. The quantitative estimate of drug-likeness (QED) is 0.130. The summed E-state index contributed by atoms with van der Waals surface area (Å²) in [5, 5.41) is 0. The first-order valence-electron chi connectivity index (χ1n) is 16.5. The molecule has 20 heteroatoms. The van der Waals surface area contributed by atoms with Crippen LogP contribution in [0.15, 0.2) is 21.7 Å². The molecule has 0 radical (unpaired) electrons. The molecule has 1 N–H and O–H groups in total. The van der Waals surface area contributed by atoms with Crippen molar-refractivity contribution in [2.75, 3.05) is 13.2 Å². The van der Waals surface area contributed by atoms with Gasteiger partial charge in [-0.15, -0.1) is 0 Å². The van der Waals surface area contributed by atoms with E-state index in [-0.39, 0.29) is 11.5 Å². The summed E-state index contributed by atoms with van der Waals surface area (Å²) in [5.74, 6) is -5.15. The van der Waals surface area contributed by atoms with Gasteiger partial charge in [0.1, 0.15) is 12.7 Å². The van der Waals surface area contributed by atoms with Crippen LogP contribution in [0.3, 0.4) is 0 Å². The van der Waals surface area contributed by atoms with E-state index in [1.807, 2.05) is 13.8 Å². The van der Waals surface area contributed by atoms with E-state index >= 15 is 0 Å². The first-order valence-corrected chi connectivity index (χ1v) is 16.5. The van der Waals surface area contributed by atoms with Crippen LogP contribution < -0.4 is 11.2 Å². The number of ether oxygens (including phenoxy) is 8. The summed E-state index contributed by atoms with van der Waals surface area (Å²) in [6.07, 6.45) is -10.3. The molecule has 3 aliphatic rings. The molecule has 0 aromatic heterocycles. The van der Waals surface area contributed by atoms with Crippen molar-refractivity contribution in [2.24, 2.45) is 0 Å². The van der Waals surface area contributed by atoms with E-state index in [2.05, 4.69) is 15.0 Å². The number of fused-ring (bicyclic) bond motifs is 2. The minimum atomic E-state index is -1.66. The molecule has 1 aromatic rings. The number of benzene rings is 1. The zero-order chi connectivity index (χ0) is 40.0. The normalized spacial score (nSPS) is 19.7. The van der Waals surface area contributed by atoms with E-state index in [0.29, 0.717) is 11.0 Å². The van der Waals surface area contributed by atoms with Gasteiger partial charge in [0.2, 0.25) is 0 Å². The first kappa shape index (κ1) is 41.0. The third kappa shape index (κ3) is 10.2. The van der Waals surface area contributed by atoms with Crippen molar-refractivity contribution in [1.82, 2.24) is 19.5 Å². The molecular weight excluding hydrogens is 720 g/mol. The lowest BCUT2D eigenvalue weighted by atomic mass is 10.1. The number of aryl methyl sites for hydroxylation is 2. The zero-order valence-electron chi connectivity index (χ0n) is 30.7. The van der Waals surface area contributed by atoms with Crippen molar-refractivity contribution in [1.29, 1.82) is 0 Å². The molecule has 3 aliphatic heterocycles. The molecule has 292 valence electrons. The number of aromatic amines is 1. The third-order valence-electron chi connectivity index (χ3n) is 8.00. The van der Waals surface area contributed by atoms with Crippen molar-refractivity contribution in [3.8, 4) is 11.5 Å². The fraction of sp³-hybridized carbons (Fsp3) is 0.529. The predicted octanol–water partition coefficient (Wildman–Crippen LogP) is 0.165. The Bertz CT molecular complexity index is 2020. The minimum Gasteiger partial charge on any atom is -0.463 e. The predicted molar refractivity (Wildman–Crippen MR) is 180 cm³/mol. The molecule has 1 saturated heterocycles. The Kier molecular flexibility index (Phi) is 13.2. The fourth-order valence-corrected chi connectivity index (χ4v) is 5.83. The number of nitrogens with one attached hydrogen (secondary N) is 1. The molecule has 0 spiro atoms. The Morgan fingerprint density at radius 3 is 1.96 bits per heavy atom. The van der Waals surface area contributed by atoms with E-state index < -0.39 is 110 Å². The molecule has 0 aliphatic carbocycles. The SMILES string of the molecule is CC(=O)OC[C@H]1O[C@H](OC[C@H](OC(C)=O)[C@H](OC(C)=O)[C@@H](Cn2c3nc(=O)[nH]c(=O)c-3nc3cc(C)c(C)cc32)OC(C)=O)[C@H](OC(C)=O)[C@@H]1OC(C)=O. The van der Waals surface area contributed by atoms with Crippen molar-refractivity contribution in [3.05, 3.63) is 44.1 Å². The summed E-state index contributed by atoms with van der Waals surface area (Å²) in [7, 11) is 0. The lowest BCUT2D eigenvalue weighted by molar-refractivity contribution is -0.216. The van der Waals surface area contributed by atoms with Crippen molar-refractivity contribution in [2.45, 2.75) is 105 Å². The maximum Gasteiger partial charge on any atom is 0.349 e. The van der Waals surface area contributed by atoms with Crippen LogP contribution in [0.25, 0.3) is 22.6 Å². The highest BCUT2D eigenvalue weighted by Gasteiger charge is 2.51. The van der Waals surface area contributed by atoms with Gasteiger partial charge >= 0.3 is 41.5 Å². The smallest absolute Gasteiger partial charge is 0.349 e. The van der Waals surface area contributed by atoms with Gasteiger partial charge in [0.15, 0.2) is 48.3 Å². The van der Waals surface area contributed by atoms with Gasteiger partial charge in [-0.2, -0.15) is 4.98 Å². The van der Waals surface area contributed by atoms with Crippen LogP contribution in [-0.4, -0.2) is 111 Å². The number of rotatable bonds is 14. The Morgan fingerprint density at radius 1 is 0.778 bits per heavy atom. The van der Waals surface area contributed by atoms with Gasteiger partial charge in [-0.1, -0.05) is 0 Å². The molecule has 7 atom stereocenters. The summed E-state index contributed by atoms with van der Waals surface area (Å²) in [6.45, 7) is 8.54. The second-order valence-electron chi connectivity index (χ2n) is 12.4. The molecule has 0 saturated carbocycles. The van der Waals surface area contributed by atoms with Gasteiger partial charge in [-0.25, -0.2) is 9.78 Å². The summed E-state index contributed by atoms with van der Waals surface area (Å²) in [4.78, 5) is 109. The molecular formula is C34H40N4O16. The Labute approximate surface area is 306 Å². The van der Waals surface area contributed by atoms with Gasteiger partial charge in [0, 0.05) is 41.5 Å². The summed E-state index contributed by atoms with van der Waals surface area (Å²) < 4.78 is 45.8. The highest BCUT2D eigenvalue weighted by atomic mass is 16.7. The number of H-pyrrole nitrogens is 1. The first-order chi connectivity index (χ1) is 25.3. The topological polar surface area (TPSA) is 257 Å². The van der Waals surface area contributed by atoms with Crippen LogP contribution in [-0.2, 0) is 73.2 Å². The Morgan fingerprint density at radius 2 is 1.37 bits per heavy atom. The maximum atomic E-state index is 12.9. The molecule has 4 rings (SSSR count). The number of hydrogen-bond donors (Lipinski definition) is 1. The average Bonchev–Trinajstić information content (AvgIpc) is 3.35. The van der Waals surface area contributed by atoms with E-state index in [1.54, 1.807) is 12.1 Å². The van der Waals surface area contributed by atoms with Gasteiger partial charge in [-0.3, -0.25) is 38.5 Å². The zero-order valence-corrected chi connectivity index (χ0v) is 30.7. The number of hydrogen-bond acceptors (Lipinski definition) is 18. The summed E-state index contributed by atoms with van der Waals surface area (Å²) >= 11 is 0. The van der Waals surface area contributed by atoms with Crippen molar-refractivity contribution >= 4 is 46.8 Å². The summed E-state index contributed by atoms with van der Waals surface area (Å²) in [5.41, 5.74) is 0.202.